The lowest BCUT2D eigenvalue weighted by Crippen LogP contribution is -2.39. The van der Waals surface area contributed by atoms with Crippen LogP contribution < -0.4 is 0 Å². The van der Waals surface area contributed by atoms with E-state index in [-0.39, 0.29) is 66.4 Å². The lowest BCUT2D eigenvalue weighted by molar-refractivity contribution is -0.148. The summed E-state index contributed by atoms with van der Waals surface area (Å²) < 4.78 is 13.9. The Kier molecular flexibility index (Phi) is 11.4. The Morgan fingerprint density at radius 2 is 1.38 bits per heavy atom. The van der Waals surface area contributed by atoms with Crippen molar-refractivity contribution in [1.82, 2.24) is 34.4 Å². The highest BCUT2D eigenvalue weighted by atomic mass is 32.1. The third-order valence-corrected chi connectivity index (χ3v) is 13.7. The number of methoxy groups -OCH3 is 2. The fourth-order valence-corrected chi connectivity index (χ4v) is 10.5. The van der Waals surface area contributed by atoms with Crippen LogP contribution >= 0.6 is 22.7 Å². The molecule has 5 aromatic heterocycles. The average Bonchev–Trinajstić information content (AvgIpc) is 4.01. The maximum atomic E-state index is 13.8. The summed E-state index contributed by atoms with van der Waals surface area (Å²) in [6.45, 7) is 13.4. The molecule has 2 aliphatic heterocycles. The van der Waals surface area contributed by atoms with Crippen LogP contribution in [0, 0.1) is 35.5 Å². The zero-order valence-corrected chi connectivity index (χ0v) is 34.9. The molecule has 0 unspecified atom stereocenters. The molecule has 13 nitrogen and oxygen atoms in total. The number of hydrogen-bond donors (Lipinski definition) is 1. The largest absolute Gasteiger partial charge is 0.469 e. The molecule has 7 heterocycles. The SMILES string of the molecule is COC(=O)C[C@H](C(=O)N1C[C@@H](C)C[C@H]1c1nc2ccc(-c3cc4sc(-c5cnc([C@@H]6C[C@H](C)CN6C(=O)[C@@H](CC(=O)OC)C(C)C)[nH]5)cc4s3)cn2n1)C(C)C. The molecule has 5 aromatic rings. The van der Waals surface area contributed by atoms with Crippen molar-refractivity contribution in [1.29, 1.82) is 0 Å². The van der Waals surface area contributed by atoms with E-state index in [2.05, 4.69) is 37.0 Å². The fourth-order valence-electron chi connectivity index (χ4n) is 8.18. The van der Waals surface area contributed by atoms with Gasteiger partial charge in [0.2, 0.25) is 11.8 Å². The first kappa shape index (κ1) is 39.6. The Bertz CT molecular complexity index is 2220. The number of pyridine rings is 1. The number of carbonyl (C=O) groups excluding carboxylic acids is 4. The van der Waals surface area contributed by atoms with Crippen LogP contribution in [0.25, 0.3) is 36.1 Å². The smallest absolute Gasteiger partial charge is 0.306 e. The van der Waals surface area contributed by atoms with Crippen LogP contribution in [0.5, 0.6) is 0 Å². The number of rotatable bonds is 12. The van der Waals surface area contributed by atoms with Gasteiger partial charge in [0.15, 0.2) is 11.5 Å². The minimum atomic E-state index is -0.470. The first-order chi connectivity index (χ1) is 26.7. The van der Waals surface area contributed by atoms with Gasteiger partial charge in [-0.1, -0.05) is 41.5 Å². The minimum Gasteiger partial charge on any atom is -0.469 e. The molecule has 7 rings (SSSR count). The van der Waals surface area contributed by atoms with E-state index >= 15 is 0 Å². The third-order valence-electron chi connectivity index (χ3n) is 11.4. The number of nitrogens with one attached hydrogen (secondary N) is 1. The van der Waals surface area contributed by atoms with Gasteiger partial charge >= 0.3 is 11.9 Å². The molecule has 2 amide bonds. The maximum Gasteiger partial charge on any atom is 0.306 e. The van der Waals surface area contributed by atoms with Gasteiger partial charge in [0.1, 0.15) is 5.82 Å². The highest BCUT2D eigenvalue weighted by Gasteiger charge is 2.42. The number of carbonyl (C=O) groups is 4. The number of nitrogens with zero attached hydrogens (tertiary/aromatic N) is 6. The van der Waals surface area contributed by atoms with E-state index in [1.807, 2.05) is 56.0 Å². The zero-order valence-electron chi connectivity index (χ0n) is 33.3. The van der Waals surface area contributed by atoms with Gasteiger partial charge in [0, 0.05) is 39.1 Å². The molecule has 0 bridgehead atoms. The Balaban J connectivity index is 1.08. The molecule has 2 aliphatic rings. The molecule has 6 atom stereocenters. The second-order valence-corrected chi connectivity index (χ2v) is 18.4. The summed E-state index contributed by atoms with van der Waals surface area (Å²) in [7, 11) is 2.71. The van der Waals surface area contributed by atoms with Crippen LogP contribution in [-0.4, -0.2) is 85.4 Å². The molecular weight excluding hydrogens is 751 g/mol. The molecule has 2 fully saturated rings. The number of imidazole rings is 1. The monoisotopic (exact) mass is 801 g/mol. The molecule has 0 aliphatic carbocycles. The van der Waals surface area contributed by atoms with E-state index in [4.69, 9.17) is 24.5 Å². The number of H-pyrrole nitrogens is 1. The quantitative estimate of drug-likeness (QED) is 0.126. The van der Waals surface area contributed by atoms with Gasteiger partial charge in [0.25, 0.3) is 0 Å². The number of esters is 2. The highest BCUT2D eigenvalue weighted by molar-refractivity contribution is 7.31. The molecule has 0 radical (unpaired) electrons. The topological polar surface area (TPSA) is 152 Å². The summed E-state index contributed by atoms with van der Waals surface area (Å²) in [5.41, 5.74) is 2.64. The van der Waals surface area contributed by atoms with Crippen molar-refractivity contribution in [2.24, 2.45) is 35.5 Å². The van der Waals surface area contributed by atoms with Crippen molar-refractivity contribution < 1.29 is 28.7 Å². The number of ether oxygens (including phenoxy) is 2. The molecule has 2 saturated heterocycles. The highest BCUT2D eigenvalue weighted by Crippen LogP contribution is 2.43. The van der Waals surface area contributed by atoms with Gasteiger partial charge in [-0.05, 0) is 60.8 Å². The van der Waals surface area contributed by atoms with Crippen LogP contribution in [0.2, 0.25) is 0 Å². The zero-order chi connectivity index (χ0) is 40.0. The number of fused-ring (bicyclic) bond motifs is 2. The number of amides is 2. The summed E-state index contributed by atoms with van der Waals surface area (Å²) in [4.78, 5) is 71.0. The summed E-state index contributed by atoms with van der Waals surface area (Å²) in [6, 6.07) is 7.95. The van der Waals surface area contributed by atoms with Gasteiger partial charge in [-0.2, -0.15) is 0 Å². The number of hydrogen-bond acceptors (Lipinski definition) is 11. The molecule has 0 spiro atoms. The van der Waals surface area contributed by atoms with Gasteiger partial charge in [-0.3, -0.25) is 19.2 Å². The van der Waals surface area contributed by atoms with E-state index in [0.717, 1.165) is 49.1 Å². The first-order valence-corrected chi connectivity index (χ1v) is 21.1. The molecule has 0 aromatic carbocycles. The number of aromatic nitrogens is 5. The van der Waals surface area contributed by atoms with Crippen molar-refractivity contribution in [3.63, 3.8) is 0 Å². The Morgan fingerprint density at radius 1 is 0.821 bits per heavy atom. The van der Waals surface area contributed by atoms with E-state index in [9.17, 15) is 19.2 Å². The van der Waals surface area contributed by atoms with Crippen molar-refractivity contribution in [3.05, 3.63) is 48.3 Å². The third kappa shape index (κ3) is 7.84. The Labute approximate surface area is 334 Å². The molecule has 298 valence electrons. The number of likely N-dealkylation sites (tertiary alicyclic amines) is 2. The summed E-state index contributed by atoms with van der Waals surface area (Å²) in [6.07, 6.45) is 5.52. The van der Waals surface area contributed by atoms with Gasteiger partial charge in [-0.25, -0.2) is 14.5 Å². The van der Waals surface area contributed by atoms with E-state index in [0.29, 0.717) is 30.5 Å². The molecule has 15 heteroatoms. The summed E-state index contributed by atoms with van der Waals surface area (Å²) >= 11 is 3.40. The van der Waals surface area contributed by atoms with Crippen molar-refractivity contribution in [3.8, 4) is 21.0 Å². The normalized spacial score (nSPS) is 21.1. The van der Waals surface area contributed by atoms with Crippen LogP contribution in [0.15, 0.2) is 36.7 Å². The van der Waals surface area contributed by atoms with Gasteiger partial charge in [0.05, 0.1) is 67.7 Å². The lowest BCUT2D eigenvalue weighted by atomic mass is 9.91. The summed E-state index contributed by atoms with van der Waals surface area (Å²) in [5, 5.41) is 4.89. The molecule has 1 N–H and O–H groups in total. The van der Waals surface area contributed by atoms with E-state index in [1.165, 1.54) is 14.2 Å². The molecule has 0 saturated carbocycles. The van der Waals surface area contributed by atoms with E-state index < -0.39 is 11.8 Å². The maximum absolute atomic E-state index is 13.8. The lowest BCUT2D eigenvalue weighted by Gasteiger charge is -2.29. The Hall–Kier alpha value is -4.63. The van der Waals surface area contributed by atoms with Gasteiger partial charge < -0.3 is 24.3 Å². The van der Waals surface area contributed by atoms with Crippen LogP contribution in [0.1, 0.15) is 91.0 Å². The standard InChI is InChI=1S/C41H51N7O6S2/c1-21(2)26(13-36(49)53-7)40(51)46-18-23(5)11-29(46)38-42-17-28(43-38)32-16-34-33(56-32)15-31(55-34)25-9-10-35-44-39(45-48(35)20-25)30-12-24(6)19-47(30)41(52)27(22(3)4)14-37(50)54-8/h9-10,15-17,20-24,26-27,29-30H,11-14,18-19H2,1-8H3,(H,42,43)/t23-,24-,26-,27-,29-,30-/m0/s1. The average molecular weight is 802 g/mol. The van der Waals surface area contributed by atoms with Crippen molar-refractivity contribution in [2.75, 3.05) is 27.3 Å². The first-order valence-electron chi connectivity index (χ1n) is 19.4. The van der Waals surface area contributed by atoms with Crippen molar-refractivity contribution >= 4 is 61.5 Å². The van der Waals surface area contributed by atoms with Crippen LogP contribution in [0.3, 0.4) is 0 Å². The second kappa shape index (κ2) is 16.1. The predicted octanol–water partition coefficient (Wildman–Crippen LogP) is 7.55. The number of thiophene rings is 2. The molecular formula is C41H51N7O6S2. The molecule has 56 heavy (non-hydrogen) atoms. The number of aromatic amines is 1. The van der Waals surface area contributed by atoms with Gasteiger partial charge in [-0.15, -0.1) is 27.8 Å². The van der Waals surface area contributed by atoms with E-state index in [1.54, 1.807) is 27.2 Å². The van der Waals surface area contributed by atoms with Crippen LogP contribution in [0.4, 0.5) is 0 Å². The fraction of sp³-hybridized carbons (Fsp3) is 0.537. The summed E-state index contributed by atoms with van der Waals surface area (Å²) in [5.74, 6) is 0.178. The Morgan fingerprint density at radius 3 is 1.96 bits per heavy atom. The van der Waals surface area contributed by atoms with Crippen molar-refractivity contribution in [2.45, 2.75) is 79.3 Å². The van der Waals surface area contributed by atoms with Crippen LogP contribution in [-0.2, 0) is 28.7 Å². The minimum absolute atomic E-state index is 0.00201. The second-order valence-electron chi connectivity index (χ2n) is 16.3. The predicted molar refractivity (Wildman–Crippen MR) is 216 cm³/mol.